The van der Waals surface area contributed by atoms with Crippen LogP contribution in [0.4, 0.5) is 15.9 Å². The minimum absolute atomic E-state index is 0.170. The third-order valence-corrected chi connectivity index (χ3v) is 3.83. The summed E-state index contributed by atoms with van der Waals surface area (Å²) in [4.78, 5) is 6.65. The van der Waals surface area contributed by atoms with Crippen molar-refractivity contribution in [2.24, 2.45) is 0 Å². The van der Waals surface area contributed by atoms with Crippen LogP contribution in [0.25, 0.3) is 0 Å². The SMILES string of the molecule is CCCNc1ncccc1CN1CCc2ccc(F)cc21. The molecular weight excluding hydrogens is 265 g/mol. The van der Waals surface area contributed by atoms with Gasteiger partial charge >= 0.3 is 0 Å². The van der Waals surface area contributed by atoms with Gasteiger partial charge in [-0.25, -0.2) is 9.37 Å². The Balaban J connectivity index is 1.81. The maximum atomic E-state index is 13.5. The number of halogens is 1. The lowest BCUT2D eigenvalue weighted by Crippen LogP contribution is -2.21. The Kier molecular flexibility index (Phi) is 4.04. The number of benzene rings is 1. The number of hydrogen-bond donors (Lipinski definition) is 1. The molecule has 1 aromatic heterocycles. The second kappa shape index (κ2) is 6.12. The summed E-state index contributed by atoms with van der Waals surface area (Å²) in [6.45, 7) is 4.74. The van der Waals surface area contributed by atoms with Crippen molar-refractivity contribution < 1.29 is 4.39 Å². The van der Waals surface area contributed by atoms with Gasteiger partial charge in [0.1, 0.15) is 11.6 Å². The van der Waals surface area contributed by atoms with Crippen LogP contribution >= 0.6 is 0 Å². The maximum absolute atomic E-state index is 13.5. The first-order chi connectivity index (χ1) is 10.3. The van der Waals surface area contributed by atoms with E-state index < -0.39 is 0 Å². The molecule has 3 nitrogen and oxygen atoms in total. The van der Waals surface area contributed by atoms with Crippen LogP contribution in [0.3, 0.4) is 0 Å². The predicted octanol–water partition coefficient (Wildman–Crippen LogP) is 3.61. The van der Waals surface area contributed by atoms with Crippen molar-refractivity contribution in [1.29, 1.82) is 0 Å². The quantitative estimate of drug-likeness (QED) is 0.909. The zero-order chi connectivity index (χ0) is 14.7. The average molecular weight is 285 g/mol. The minimum Gasteiger partial charge on any atom is -0.370 e. The Bertz CT molecular complexity index is 627. The molecule has 3 rings (SSSR count). The monoisotopic (exact) mass is 285 g/mol. The molecule has 0 fully saturated rings. The van der Waals surface area contributed by atoms with Gasteiger partial charge in [-0.05, 0) is 36.6 Å². The molecule has 0 radical (unpaired) electrons. The Morgan fingerprint density at radius 3 is 3.10 bits per heavy atom. The van der Waals surface area contributed by atoms with Gasteiger partial charge in [0.25, 0.3) is 0 Å². The number of aromatic nitrogens is 1. The van der Waals surface area contributed by atoms with Crippen molar-refractivity contribution in [1.82, 2.24) is 4.98 Å². The van der Waals surface area contributed by atoms with E-state index in [1.807, 2.05) is 12.1 Å². The number of hydrogen-bond acceptors (Lipinski definition) is 3. The molecule has 1 N–H and O–H groups in total. The number of nitrogens with one attached hydrogen (secondary N) is 1. The highest BCUT2D eigenvalue weighted by atomic mass is 19.1. The second-order valence-corrected chi connectivity index (χ2v) is 5.38. The molecule has 1 aliphatic heterocycles. The van der Waals surface area contributed by atoms with E-state index in [-0.39, 0.29) is 5.82 Å². The summed E-state index contributed by atoms with van der Waals surface area (Å²) in [5.41, 5.74) is 3.40. The minimum atomic E-state index is -0.170. The molecule has 0 aliphatic carbocycles. The van der Waals surface area contributed by atoms with Crippen LogP contribution in [0.5, 0.6) is 0 Å². The Hall–Kier alpha value is -2.10. The maximum Gasteiger partial charge on any atom is 0.130 e. The molecule has 2 heterocycles. The summed E-state index contributed by atoms with van der Waals surface area (Å²) in [5.74, 6) is 0.764. The molecule has 0 amide bonds. The van der Waals surface area contributed by atoms with Crippen molar-refractivity contribution in [3.63, 3.8) is 0 Å². The highest BCUT2D eigenvalue weighted by Crippen LogP contribution is 2.30. The standard InChI is InChI=1S/C17H20FN3/c1-2-8-19-17-14(4-3-9-20-17)12-21-10-7-13-5-6-15(18)11-16(13)21/h3-6,9,11H,2,7-8,10,12H2,1H3,(H,19,20). The summed E-state index contributed by atoms with van der Waals surface area (Å²) < 4.78 is 13.5. The zero-order valence-corrected chi connectivity index (χ0v) is 12.3. The number of nitrogens with zero attached hydrogens (tertiary/aromatic N) is 2. The van der Waals surface area contributed by atoms with Crippen LogP contribution in [0.15, 0.2) is 36.5 Å². The Morgan fingerprint density at radius 2 is 2.24 bits per heavy atom. The Labute approximate surface area is 124 Å². The molecule has 1 aliphatic rings. The second-order valence-electron chi connectivity index (χ2n) is 5.38. The lowest BCUT2D eigenvalue weighted by Gasteiger charge is -2.21. The van der Waals surface area contributed by atoms with Crippen LogP contribution in [0.1, 0.15) is 24.5 Å². The highest BCUT2D eigenvalue weighted by molar-refractivity contribution is 5.59. The van der Waals surface area contributed by atoms with Crippen LogP contribution in [0, 0.1) is 5.82 Å². The van der Waals surface area contributed by atoms with E-state index in [4.69, 9.17) is 0 Å². The lowest BCUT2D eigenvalue weighted by atomic mass is 10.1. The largest absolute Gasteiger partial charge is 0.370 e. The summed E-state index contributed by atoms with van der Waals surface area (Å²) in [6, 6.07) is 9.11. The number of pyridine rings is 1. The molecule has 0 saturated carbocycles. The third-order valence-electron chi connectivity index (χ3n) is 3.83. The van der Waals surface area contributed by atoms with Gasteiger partial charge in [0.2, 0.25) is 0 Å². The van der Waals surface area contributed by atoms with Crippen LogP contribution in [-0.4, -0.2) is 18.1 Å². The van der Waals surface area contributed by atoms with Crippen LogP contribution < -0.4 is 10.2 Å². The van der Waals surface area contributed by atoms with Crippen molar-refractivity contribution >= 4 is 11.5 Å². The highest BCUT2D eigenvalue weighted by Gasteiger charge is 2.20. The van der Waals surface area contributed by atoms with Crippen molar-refractivity contribution in [2.45, 2.75) is 26.3 Å². The molecule has 0 atom stereocenters. The van der Waals surface area contributed by atoms with Gasteiger partial charge < -0.3 is 10.2 Å². The molecule has 0 bridgehead atoms. The molecule has 1 aromatic carbocycles. The van der Waals surface area contributed by atoms with Gasteiger partial charge in [0, 0.05) is 37.1 Å². The average Bonchev–Trinajstić information content (AvgIpc) is 2.89. The smallest absolute Gasteiger partial charge is 0.130 e. The van der Waals surface area contributed by atoms with Crippen LogP contribution in [0.2, 0.25) is 0 Å². The molecule has 0 saturated heterocycles. The molecule has 110 valence electrons. The molecule has 21 heavy (non-hydrogen) atoms. The van der Waals surface area contributed by atoms with Crippen molar-refractivity contribution in [3.8, 4) is 0 Å². The van der Waals surface area contributed by atoms with Gasteiger partial charge in [0.05, 0.1) is 0 Å². The normalized spacial score (nSPS) is 13.3. The molecule has 2 aromatic rings. The Morgan fingerprint density at radius 1 is 1.33 bits per heavy atom. The van der Waals surface area contributed by atoms with Crippen molar-refractivity contribution in [2.75, 3.05) is 23.3 Å². The fourth-order valence-electron chi connectivity index (χ4n) is 2.76. The van der Waals surface area contributed by atoms with Gasteiger partial charge in [-0.2, -0.15) is 0 Å². The van der Waals surface area contributed by atoms with Gasteiger partial charge in [0.15, 0.2) is 0 Å². The van der Waals surface area contributed by atoms with Gasteiger partial charge in [-0.1, -0.05) is 19.1 Å². The first-order valence-corrected chi connectivity index (χ1v) is 7.49. The summed E-state index contributed by atoms with van der Waals surface area (Å²) in [7, 11) is 0. The van der Waals surface area contributed by atoms with Gasteiger partial charge in [-0.3, -0.25) is 0 Å². The van der Waals surface area contributed by atoms with E-state index in [1.54, 1.807) is 18.3 Å². The predicted molar refractivity (Wildman–Crippen MR) is 84.2 cm³/mol. The summed E-state index contributed by atoms with van der Waals surface area (Å²) in [5, 5.41) is 3.36. The molecule has 0 unspecified atom stereocenters. The molecule has 4 heteroatoms. The van der Waals surface area contributed by atoms with E-state index >= 15 is 0 Å². The third kappa shape index (κ3) is 2.99. The van der Waals surface area contributed by atoms with E-state index in [2.05, 4.69) is 28.2 Å². The fraction of sp³-hybridized carbons (Fsp3) is 0.353. The number of anilines is 2. The zero-order valence-electron chi connectivity index (χ0n) is 12.3. The van der Waals surface area contributed by atoms with E-state index in [1.165, 1.54) is 5.56 Å². The van der Waals surface area contributed by atoms with E-state index in [9.17, 15) is 4.39 Å². The fourth-order valence-corrected chi connectivity index (χ4v) is 2.76. The van der Waals surface area contributed by atoms with E-state index in [0.29, 0.717) is 0 Å². The molecule has 0 spiro atoms. The van der Waals surface area contributed by atoms with Gasteiger partial charge in [-0.15, -0.1) is 0 Å². The van der Waals surface area contributed by atoms with E-state index in [0.717, 1.165) is 49.5 Å². The topological polar surface area (TPSA) is 28.2 Å². The summed E-state index contributed by atoms with van der Waals surface area (Å²) >= 11 is 0. The first kappa shape index (κ1) is 13.9. The number of rotatable bonds is 5. The lowest BCUT2D eigenvalue weighted by molar-refractivity contribution is 0.627. The number of fused-ring (bicyclic) bond motifs is 1. The van der Waals surface area contributed by atoms with Crippen LogP contribution in [-0.2, 0) is 13.0 Å². The van der Waals surface area contributed by atoms with Crippen molar-refractivity contribution in [3.05, 3.63) is 53.5 Å². The first-order valence-electron chi connectivity index (χ1n) is 7.49. The molecular formula is C17H20FN3. The summed E-state index contributed by atoms with van der Waals surface area (Å²) in [6.07, 6.45) is 3.85.